The molecule has 0 aromatic heterocycles. The van der Waals surface area contributed by atoms with Gasteiger partial charge in [0.1, 0.15) is 6.29 Å². The average Bonchev–Trinajstić information content (AvgIpc) is 3.01. The van der Waals surface area contributed by atoms with E-state index in [9.17, 15) is 4.79 Å². The molecule has 2 nitrogen and oxygen atoms in total. The molecule has 0 heterocycles. The molecule has 18 heavy (non-hydrogen) atoms. The van der Waals surface area contributed by atoms with Crippen LogP contribution in [0.3, 0.4) is 0 Å². The van der Waals surface area contributed by atoms with Gasteiger partial charge in [0.05, 0.1) is 5.92 Å². The van der Waals surface area contributed by atoms with Gasteiger partial charge in [-0.1, -0.05) is 0 Å². The molecule has 10 radical (unpaired) electrons. The molecule has 2 aliphatic carbocycles. The van der Waals surface area contributed by atoms with Crippen molar-refractivity contribution in [2.45, 2.75) is 13.0 Å². The molecule has 1 atom stereocenters. The van der Waals surface area contributed by atoms with E-state index >= 15 is 0 Å². The Kier molecular flexibility index (Phi) is 10.1. The van der Waals surface area contributed by atoms with Gasteiger partial charge >= 0.3 is 0 Å². The predicted molar refractivity (Wildman–Crippen MR) is 70.1 cm³/mol. The van der Waals surface area contributed by atoms with Gasteiger partial charge in [0.2, 0.25) is 0 Å². The molecular formula is C15H19FeNO. The number of aldehydes is 1. The number of hydrogen-bond donors (Lipinski definition) is 0. The molecule has 0 unspecified atom stereocenters. The van der Waals surface area contributed by atoms with E-state index in [4.69, 9.17) is 0 Å². The van der Waals surface area contributed by atoms with Crippen molar-refractivity contribution in [3.05, 3.63) is 63.2 Å². The van der Waals surface area contributed by atoms with E-state index in [-0.39, 0.29) is 17.1 Å². The first-order chi connectivity index (χ1) is 8.16. The Labute approximate surface area is 123 Å². The largest absolute Gasteiger partial charge is 0.306 e. The van der Waals surface area contributed by atoms with Crippen LogP contribution in [0, 0.1) is 63.2 Å². The van der Waals surface area contributed by atoms with Crippen LogP contribution < -0.4 is 0 Å². The maximum absolute atomic E-state index is 10.6. The van der Waals surface area contributed by atoms with Crippen LogP contribution in [0.15, 0.2) is 0 Å². The summed E-state index contributed by atoms with van der Waals surface area (Å²) in [4.78, 5) is 12.7. The summed E-state index contributed by atoms with van der Waals surface area (Å²) in [6.45, 7) is 2.09. The molecule has 0 aliphatic heterocycles. The monoisotopic (exact) mass is 285 g/mol. The smallest absolute Gasteiger partial charge is 0.128 e. The summed E-state index contributed by atoms with van der Waals surface area (Å²) in [7, 11) is 4.01. The van der Waals surface area contributed by atoms with Crippen LogP contribution in [-0.2, 0) is 21.9 Å². The maximum Gasteiger partial charge on any atom is 0.128 e. The first-order valence-corrected chi connectivity index (χ1v) is 5.70. The summed E-state index contributed by atoms with van der Waals surface area (Å²) in [5.74, 6) is 1.91. The summed E-state index contributed by atoms with van der Waals surface area (Å²) in [6, 6.07) is 0.306. The van der Waals surface area contributed by atoms with Gasteiger partial charge in [-0.2, -0.15) is 0 Å². The molecule has 0 spiro atoms. The number of carbonyl (C=O) groups is 1. The van der Waals surface area contributed by atoms with Gasteiger partial charge < -0.3 is 9.69 Å². The van der Waals surface area contributed by atoms with E-state index in [2.05, 4.69) is 11.8 Å². The van der Waals surface area contributed by atoms with E-state index < -0.39 is 0 Å². The minimum Gasteiger partial charge on any atom is -0.306 e. The van der Waals surface area contributed by atoms with E-state index in [0.717, 1.165) is 18.1 Å². The summed E-state index contributed by atoms with van der Waals surface area (Å²) in [5.41, 5.74) is 0. The molecule has 2 saturated carbocycles. The van der Waals surface area contributed by atoms with Gasteiger partial charge in [-0.15, -0.1) is 0 Å². The molecule has 98 valence electrons. The third-order valence-corrected chi connectivity index (χ3v) is 2.79. The first-order valence-electron chi connectivity index (χ1n) is 5.70. The Morgan fingerprint density at radius 2 is 1.50 bits per heavy atom. The number of rotatable bonds is 3. The minimum absolute atomic E-state index is 0. The van der Waals surface area contributed by atoms with E-state index in [0.29, 0.717) is 6.04 Å². The fourth-order valence-corrected chi connectivity index (χ4v) is 1.53. The van der Waals surface area contributed by atoms with Gasteiger partial charge in [-0.25, -0.2) is 0 Å². The van der Waals surface area contributed by atoms with Crippen molar-refractivity contribution in [1.82, 2.24) is 4.90 Å². The van der Waals surface area contributed by atoms with Crippen molar-refractivity contribution in [2.24, 2.45) is 0 Å². The normalized spacial score (nSPS) is 22.2. The predicted octanol–water partition coefficient (Wildman–Crippen LogP) is 1.93. The Bertz CT molecular complexity index is 209. The second-order valence-electron chi connectivity index (χ2n) is 4.16. The molecule has 0 aromatic rings. The van der Waals surface area contributed by atoms with Crippen LogP contribution in [0.4, 0.5) is 0 Å². The van der Waals surface area contributed by atoms with Crippen LogP contribution in [0.2, 0.25) is 0 Å². The third-order valence-electron chi connectivity index (χ3n) is 2.79. The minimum atomic E-state index is 0. The number of hydrogen-bond acceptors (Lipinski definition) is 2. The maximum atomic E-state index is 10.6. The fraction of sp³-hybridized carbons (Fsp3) is 0.267. The van der Waals surface area contributed by atoms with Crippen molar-refractivity contribution >= 4 is 6.29 Å². The number of carbonyl (C=O) groups excluding carboxylic acids is 1. The summed E-state index contributed by atoms with van der Waals surface area (Å²) >= 11 is 0. The standard InChI is InChI=1S/C10H14NO.C5H5.Fe/c1-8(11(2)3)10-6-4-5-9(10)7-12;1-2-4-5-3-1;/h4-8H,1-3H3;1-5H;/t8-;;/m1../s1. The van der Waals surface area contributed by atoms with Crippen LogP contribution >= 0.6 is 0 Å². The molecule has 0 aromatic carbocycles. The summed E-state index contributed by atoms with van der Waals surface area (Å²) in [6.07, 6.45) is 16.7. The SMILES string of the molecule is C[C@H]([C]1[CH][CH][CH][C]1C=O)N(C)C.[CH]1[CH][CH][CH][CH]1.[Fe]. The Morgan fingerprint density at radius 3 is 1.89 bits per heavy atom. The zero-order chi connectivity index (χ0) is 12.7. The Hall–Kier alpha value is 0.149. The summed E-state index contributed by atoms with van der Waals surface area (Å²) < 4.78 is 0. The molecule has 0 amide bonds. The molecule has 2 aliphatic rings. The Morgan fingerprint density at radius 1 is 1.00 bits per heavy atom. The number of nitrogens with zero attached hydrogens (tertiary/aromatic N) is 1. The van der Waals surface area contributed by atoms with Crippen molar-refractivity contribution < 1.29 is 21.9 Å². The van der Waals surface area contributed by atoms with Crippen molar-refractivity contribution in [3.8, 4) is 0 Å². The van der Waals surface area contributed by atoms with Crippen LogP contribution in [-0.4, -0.2) is 31.3 Å². The van der Waals surface area contributed by atoms with E-state index in [1.807, 2.05) is 65.5 Å². The van der Waals surface area contributed by atoms with Crippen LogP contribution in [0.25, 0.3) is 0 Å². The molecule has 3 heteroatoms. The quantitative estimate of drug-likeness (QED) is 0.583. The topological polar surface area (TPSA) is 20.3 Å². The van der Waals surface area contributed by atoms with Gasteiger partial charge in [-0.05, 0) is 72.4 Å². The zero-order valence-corrected chi connectivity index (χ0v) is 12.1. The van der Waals surface area contributed by atoms with Crippen LogP contribution in [0.5, 0.6) is 0 Å². The molecule has 0 bridgehead atoms. The van der Waals surface area contributed by atoms with Crippen molar-refractivity contribution in [1.29, 1.82) is 0 Å². The molecule has 2 rings (SSSR count). The van der Waals surface area contributed by atoms with Gasteiger partial charge in [0.25, 0.3) is 0 Å². The van der Waals surface area contributed by atoms with Gasteiger partial charge in [0, 0.05) is 29.0 Å². The van der Waals surface area contributed by atoms with E-state index in [1.165, 1.54) is 0 Å². The Balaban J connectivity index is 0.000000405. The second kappa shape index (κ2) is 10.00. The van der Waals surface area contributed by atoms with Crippen molar-refractivity contribution in [2.75, 3.05) is 14.1 Å². The van der Waals surface area contributed by atoms with Gasteiger partial charge in [-0.3, -0.25) is 0 Å². The summed E-state index contributed by atoms with van der Waals surface area (Å²) in [5, 5.41) is 0. The third kappa shape index (κ3) is 5.86. The zero-order valence-electron chi connectivity index (χ0n) is 11.0. The van der Waals surface area contributed by atoms with E-state index in [1.54, 1.807) is 0 Å². The molecule has 0 N–H and O–H groups in total. The fourth-order valence-electron chi connectivity index (χ4n) is 1.53. The molecule has 0 saturated heterocycles. The molecular weight excluding hydrogens is 266 g/mol. The van der Waals surface area contributed by atoms with Crippen molar-refractivity contribution in [3.63, 3.8) is 0 Å². The average molecular weight is 285 g/mol. The second-order valence-corrected chi connectivity index (χ2v) is 4.16. The van der Waals surface area contributed by atoms with Gasteiger partial charge in [0.15, 0.2) is 0 Å². The van der Waals surface area contributed by atoms with Crippen LogP contribution in [0.1, 0.15) is 6.92 Å². The first kappa shape index (κ1) is 18.1. The molecule has 2 fully saturated rings.